The van der Waals surface area contributed by atoms with Crippen molar-refractivity contribution in [1.82, 2.24) is 4.90 Å². The fraction of sp³-hybridized carbons (Fsp3) is 0.529. The van der Waals surface area contributed by atoms with Gasteiger partial charge in [0.05, 0.1) is 17.9 Å². The summed E-state index contributed by atoms with van der Waals surface area (Å²) >= 11 is 0. The quantitative estimate of drug-likeness (QED) is 0.886. The molecular weight excluding hydrogens is 316 g/mol. The fourth-order valence-corrected chi connectivity index (χ4v) is 3.16. The molecule has 2 atom stereocenters. The highest BCUT2D eigenvalue weighted by Gasteiger charge is 2.28. The number of nitrogens with one attached hydrogen (secondary N) is 2. The minimum absolute atomic E-state index is 0.0493. The molecule has 7 heteroatoms. The first-order valence-electron chi connectivity index (χ1n) is 8.11. The van der Waals surface area contributed by atoms with Crippen LogP contribution in [0.1, 0.15) is 40.0 Å². The predicted octanol–water partition coefficient (Wildman–Crippen LogP) is 3.12. The van der Waals surface area contributed by atoms with Crippen LogP contribution in [0.3, 0.4) is 0 Å². The Bertz CT molecular complexity index is 627. The number of nitrogens with zero attached hydrogens (tertiary/aromatic N) is 1. The van der Waals surface area contributed by atoms with Crippen molar-refractivity contribution in [3.63, 3.8) is 0 Å². The van der Waals surface area contributed by atoms with Crippen LogP contribution in [0.4, 0.5) is 20.2 Å². The second kappa shape index (κ2) is 7.59. The summed E-state index contributed by atoms with van der Waals surface area (Å²) in [5.41, 5.74) is 0.281. The van der Waals surface area contributed by atoms with Crippen LogP contribution in [0.2, 0.25) is 0 Å². The molecule has 2 unspecified atom stereocenters. The van der Waals surface area contributed by atoms with E-state index >= 15 is 0 Å². The Labute approximate surface area is 140 Å². The van der Waals surface area contributed by atoms with Gasteiger partial charge in [-0.25, -0.2) is 8.78 Å². The molecule has 1 aliphatic heterocycles. The summed E-state index contributed by atoms with van der Waals surface area (Å²) in [4.78, 5) is 25.5. The number of hydrogen-bond donors (Lipinski definition) is 2. The van der Waals surface area contributed by atoms with Gasteiger partial charge in [-0.15, -0.1) is 0 Å². The van der Waals surface area contributed by atoms with Crippen molar-refractivity contribution in [2.24, 2.45) is 0 Å². The lowest BCUT2D eigenvalue weighted by Crippen LogP contribution is -2.49. The van der Waals surface area contributed by atoms with Gasteiger partial charge in [-0.2, -0.15) is 0 Å². The molecule has 0 aromatic heterocycles. The molecule has 0 bridgehead atoms. The van der Waals surface area contributed by atoms with Crippen molar-refractivity contribution in [3.8, 4) is 0 Å². The maximum Gasteiger partial charge on any atom is 0.242 e. The largest absolute Gasteiger partial charge is 0.374 e. The average molecular weight is 339 g/mol. The van der Waals surface area contributed by atoms with E-state index in [0.29, 0.717) is 0 Å². The molecular formula is C17H23F2N3O2. The number of halogens is 2. The van der Waals surface area contributed by atoms with Gasteiger partial charge < -0.3 is 15.5 Å². The Morgan fingerprint density at radius 3 is 2.21 bits per heavy atom. The van der Waals surface area contributed by atoms with Crippen molar-refractivity contribution < 1.29 is 18.4 Å². The SMILES string of the molecule is CC(=O)Nc1cc(F)c(F)cc1NCC(=O)N1C(C)CCCC1C. The molecule has 0 saturated carbocycles. The molecule has 1 fully saturated rings. The van der Waals surface area contributed by atoms with E-state index in [1.165, 1.54) is 6.92 Å². The van der Waals surface area contributed by atoms with Crippen molar-refractivity contribution >= 4 is 23.2 Å². The third kappa shape index (κ3) is 4.21. The van der Waals surface area contributed by atoms with Crippen molar-refractivity contribution in [3.05, 3.63) is 23.8 Å². The van der Waals surface area contributed by atoms with Gasteiger partial charge in [0.25, 0.3) is 0 Å². The molecule has 1 aliphatic rings. The van der Waals surface area contributed by atoms with E-state index in [-0.39, 0.29) is 35.9 Å². The van der Waals surface area contributed by atoms with Crippen LogP contribution < -0.4 is 10.6 Å². The van der Waals surface area contributed by atoms with E-state index in [2.05, 4.69) is 10.6 Å². The van der Waals surface area contributed by atoms with Gasteiger partial charge in [0.15, 0.2) is 11.6 Å². The van der Waals surface area contributed by atoms with Crippen LogP contribution in [-0.4, -0.2) is 35.3 Å². The molecule has 24 heavy (non-hydrogen) atoms. The third-order valence-electron chi connectivity index (χ3n) is 4.28. The number of likely N-dealkylation sites (tertiary alicyclic amines) is 1. The number of anilines is 2. The van der Waals surface area contributed by atoms with E-state index < -0.39 is 17.5 Å². The minimum atomic E-state index is -1.06. The molecule has 1 heterocycles. The molecule has 5 nitrogen and oxygen atoms in total. The molecule has 2 amide bonds. The number of hydrogen-bond acceptors (Lipinski definition) is 3. The van der Waals surface area contributed by atoms with Crippen LogP contribution in [0.15, 0.2) is 12.1 Å². The third-order valence-corrected chi connectivity index (χ3v) is 4.28. The molecule has 0 radical (unpaired) electrons. The highest BCUT2D eigenvalue weighted by atomic mass is 19.2. The molecule has 0 spiro atoms. The highest BCUT2D eigenvalue weighted by molar-refractivity contribution is 5.93. The Kier molecular flexibility index (Phi) is 5.75. The van der Waals surface area contributed by atoms with Crippen LogP contribution >= 0.6 is 0 Å². The maximum atomic E-state index is 13.5. The Morgan fingerprint density at radius 1 is 1.12 bits per heavy atom. The van der Waals surface area contributed by atoms with Crippen LogP contribution in [0, 0.1) is 11.6 Å². The number of carbonyl (C=O) groups is 2. The van der Waals surface area contributed by atoms with Crippen LogP contribution in [0.25, 0.3) is 0 Å². The zero-order chi connectivity index (χ0) is 17.9. The summed E-state index contributed by atoms with van der Waals surface area (Å²) in [6, 6.07) is 2.15. The molecule has 1 aromatic carbocycles. The van der Waals surface area contributed by atoms with Gasteiger partial charge in [-0.3, -0.25) is 9.59 Å². The van der Waals surface area contributed by atoms with Gasteiger partial charge in [0.2, 0.25) is 11.8 Å². The molecule has 1 saturated heterocycles. The fourth-order valence-electron chi connectivity index (χ4n) is 3.16. The number of rotatable bonds is 4. The van der Waals surface area contributed by atoms with Gasteiger partial charge >= 0.3 is 0 Å². The lowest BCUT2D eigenvalue weighted by atomic mass is 9.97. The highest BCUT2D eigenvalue weighted by Crippen LogP contribution is 2.26. The average Bonchev–Trinajstić information content (AvgIpc) is 2.48. The zero-order valence-electron chi connectivity index (χ0n) is 14.2. The van der Waals surface area contributed by atoms with Gasteiger partial charge in [0.1, 0.15) is 0 Å². The lowest BCUT2D eigenvalue weighted by Gasteiger charge is -2.39. The maximum absolute atomic E-state index is 13.5. The minimum Gasteiger partial charge on any atom is -0.374 e. The van der Waals surface area contributed by atoms with E-state index in [0.717, 1.165) is 31.4 Å². The first-order valence-corrected chi connectivity index (χ1v) is 8.11. The number of amides is 2. The topological polar surface area (TPSA) is 61.4 Å². The zero-order valence-corrected chi connectivity index (χ0v) is 14.2. The summed E-state index contributed by atoms with van der Waals surface area (Å²) in [6.45, 7) is 5.24. The van der Waals surface area contributed by atoms with Gasteiger partial charge in [-0.1, -0.05) is 0 Å². The van der Waals surface area contributed by atoms with Crippen molar-refractivity contribution in [2.75, 3.05) is 17.2 Å². The second-order valence-corrected chi connectivity index (χ2v) is 6.28. The Hall–Kier alpha value is -2.18. The van der Waals surface area contributed by atoms with Crippen molar-refractivity contribution in [1.29, 1.82) is 0 Å². The Morgan fingerprint density at radius 2 is 1.67 bits per heavy atom. The van der Waals surface area contributed by atoms with Crippen LogP contribution in [0.5, 0.6) is 0 Å². The van der Waals surface area contributed by atoms with E-state index in [1.54, 1.807) is 0 Å². The van der Waals surface area contributed by atoms with E-state index in [9.17, 15) is 18.4 Å². The van der Waals surface area contributed by atoms with E-state index in [4.69, 9.17) is 0 Å². The summed E-state index contributed by atoms with van der Waals surface area (Å²) in [5.74, 6) is -2.62. The molecule has 2 N–H and O–H groups in total. The monoisotopic (exact) mass is 339 g/mol. The summed E-state index contributed by atoms with van der Waals surface area (Å²) in [6.07, 6.45) is 3.01. The summed E-state index contributed by atoms with van der Waals surface area (Å²) in [7, 11) is 0. The molecule has 0 aliphatic carbocycles. The van der Waals surface area contributed by atoms with Crippen molar-refractivity contribution in [2.45, 2.75) is 52.1 Å². The number of benzene rings is 1. The normalized spacial score (nSPS) is 20.6. The summed E-state index contributed by atoms with van der Waals surface area (Å²) in [5, 5.41) is 5.24. The first-order chi connectivity index (χ1) is 11.3. The van der Waals surface area contributed by atoms with Gasteiger partial charge in [-0.05, 0) is 33.1 Å². The van der Waals surface area contributed by atoms with Gasteiger partial charge in [0, 0.05) is 31.1 Å². The molecule has 2 rings (SSSR count). The molecule has 1 aromatic rings. The second-order valence-electron chi connectivity index (χ2n) is 6.28. The Balaban J connectivity index is 2.11. The standard InChI is InChI=1S/C17H23F2N3O2/c1-10-5-4-6-11(2)22(10)17(24)9-20-15-7-13(18)14(19)8-16(15)21-12(3)23/h7-8,10-11,20H,4-6,9H2,1-3H3,(H,21,23). The number of carbonyl (C=O) groups excluding carboxylic acids is 2. The number of piperidine rings is 1. The first kappa shape index (κ1) is 18.2. The smallest absolute Gasteiger partial charge is 0.242 e. The lowest BCUT2D eigenvalue weighted by molar-refractivity contribution is -0.135. The molecule has 132 valence electrons. The predicted molar refractivity (Wildman–Crippen MR) is 88.8 cm³/mol. The van der Waals surface area contributed by atoms with Crippen LogP contribution in [-0.2, 0) is 9.59 Å². The summed E-state index contributed by atoms with van der Waals surface area (Å²) < 4.78 is 26.8. The van der Waals surface area contributed by atoms with E-state index in [1.807, 2.05) is 18.7 Å².